The zero-order valence-corrected chi connectivity index (χ0v) is 22.8. The summed E-state index contributed by atoms with van der Waals surface area (Å²) in [7, 11) is 0. The maximum atomic E-state index is 10.8. The van der Waals surface area contributed by atoms with Gasteiger partial charge in [0, 0.05) is 6.61 Å². The van der Waals surface area contributed by atoms with Crippen molar-refractivity contribution in [2.75, 3.05) is 25.1 Å². The molecule has 1 saturated carbocycles. The van der Waals surface area contributed by atoms with Crippen LogP contribution in [0.1, 0.15) is 37.5 Å². The van der Waals surface area contributed by atoms with E-state index in [9.17, 15) is 10.2 Å². The van der Waals surface area contributed by atoms with E-state index in [-0.39, 0.29) is 30.0 Å². The fourth-order valence-corrected chi connectivity index (χ4v) is 5.72. The maximum absolute atomic E-state index is 10.8. The van der Waals surface area contributed by atoms with Crippen LogP contribution in [-0.2, 0) is 25.6 Å². The van der Waals surface area contributed by atoms with E-state index in [4.69, 9.17) is 31.2 Å². The normalized spacial score (nSPS) is 30.1. The average Bonchev–Trinajstić information content (AvgIpc) is 3.77. The van der Waals surface area contributed by atoms with Gasteiger partial charge in [-0.25, -0.2) is 15.0 Å². The molecular weight excluding hydrogens is 536 g/mol. The van der Waals surface area contributed by atoms with Crippen LogP contribution >= 0.6 is 12.2 Å². The van der Waals surface area contributed by atoms with Crippen molar-refractivity contribution in [3.05, 3.63) is 48.5 Å². The van der Waals surface area contributed by atoms with Crippen molar-refractivity contribution in [3.8, 4) is 0 Å². The summed E-state index contributed by atoms with van der Waals surface area (Å²) in [4.78, 5) is 13.1. The van der Waals surface area contributed by atoms with E-state index in [2.05, 4.69) is 25.6 Å². The Morgan fingerprint density at radius 2 is 1.98 bits per heavy atom. The van der Waals surface area contributed by atoms with Crippen LogP contribution in [0.5, 0.6) is 0 Å². The van der Waals surface area contributed by atoms with Crippen LogP contribution in [0.15, 0.2) is 43.0 Å². The number of anilines is 1. The number of rotatable bonds is 9. The molecule has 0 spiro atoms. The van der Waals surface area contributed by atoms with E-state index in [1.807, 2.05) is 30.3 Å². The van der Waals surface area contributed by atoms with Gasteiger partial charge in [-0.05, 0) is 43.5 Å². The summed E-state index contributed by atoms with van der Waals surface area (Å²) in [6.45, 7) is 1.81. The molecule has 6 rings (SSSR count). The summed E-state index contributed by atoms with van der Waals surface area (Å²) >= 11 is 5.43. The van der Waals surface area contributed by atoms with E-state index in [1.54, 1.807) is 4.57 Å². The van der Waals surface area contributed by atoms with Crippen molar-refractivity contribution in [1.29, 1.82) is 0 Å². The molecule has 2 aromatic heterocycles. The van der Waals surface area contributed by atoms with Crippen molar-refractivity contribution in [1.82, 2.24) is 24.8 Å². The van der Waals surface area contributed by atoms with Gasteiger partial charge in [0.1, 0.15) is 31.2 Å². The Hall–Kier alpha value is -2.94. The van der Waals surface area contributed by atoms with Crippen molar-refractivity contribution in [2.24, 2.45) is 0 Å². The predicted molar refractivity (Wildman–Crippen MR) is 148 cm³/mol. The van der Waals surface area contributed by atoms with E-state index < -0.39 is 24.5 Å². The van der Waals surface area contributed by atoms with Crippen LogP contribution in [0, 0.1) is 0 Å². The first kappa shape index (κ1) is 27.2. The molecule has 3 aliphatic rings. The predicted octanol–water partition coefficient (Wildman–Crippen LogP) is 1.68. The molecule has 13 heteroatoms. The Kier molecular flexibility index (Phi) is 8.37. The highest BCUT2D eigenvalue weighted by Crippen LogP contribution is 2.33. The molecule has 7 atom stereocenters. The van der Waals surface area contributed by atoms with Gasteiger partial charge in [-0.3, -0.25) is 4.57 Å². The smallest absolute Gasteiger partial charge is 0.257 e. The van der Waals surface area contributed by atoms with Gasteiger partial charge in [-0.2, -0.15) is 0 Å². The standard InChI is InChI=1S/C27H34N6O6S/c34-22-20(13-38-27(40)32-18-7-4-8-19(18)37-11-16-5-2-1-3-6-16)39-26(23(22)35)33-15-30-21-24(28-14-29-25(21)33)31-17-9-10-36-12-17/h1-3,5-6,14-15,17-20,22-23,26,34-35H,4,7-13H2,(H,32,40)(H,28,29,31). The molecule has 2 saturated heterocycles. The van der Waals surface area contributed by atoms with Gasteiger partial charge in [0.15, 0.2) is 23.2 Å². The number of benzene rings is 1. The summed E-state index contributed by atoms with van der Waals surface area (Å²) in [6, 6.07) is 10.3. The van der Waals surface area contributed by atoms with Crippen molar-refractivity contribution < 1.29 is 29.2 Å². The quantitative estimate of drug-likeness (QED) is 0.278. The number of aliphatic hydroxyl groups is 2. The molecule has 1 aromatic carbocycles. The van der Waals surface area contributed by atoms with Gasteiger partial charge >= 0.3 is 0 Å². The van der Waals surface area contributed by atoms with Crippen LogP contribution in [0.3, 0.4) is 0 Å². The lowest BCUT2D eigenvalue weighted by atomic mass is 10.1. The molecule has 4 N–H and O–H groups in total. The number of hydrogen-bond donors (Lipinski definition) is 4. The summed E-state index contributed by atoms with van der Waals surface area (Å²) in [5.41, 5.74) is 2.15. The molecule has 7 unspecified atom stereocenters. The van der Waals surface area contributed by atoms with E-state index in [0.717, 1.165) is 31.2 Å². The lowest BCUT2D eigenvalue weighted by Crippen LogP contribution is -2.42. The van der Waals surface area contributed by atoms with Gasteiger partial charge in [0.2, 0.25) is 0 Å². The number of nitrogens with one attached hydrogen (secondary N) is 2. The summed E-state index contributed by atoms with van der Waals surface area (Å²) in [5, 5.41) is 28.4. The molecule has 0 bridgehead atoms. The SMILES string of the molecule is OC1C(COC(=S)NC2CCCC2OCc2ccccc2)OC(n2cnc3c(NC4CCOC4)ncnc32)C1O. The third-order valence-corrected chi connectivity index (χ3v) is 7.92. The first-order valence-corrected chi connectivity index (χ1v) is 14.1. The van der Waals surface area contributed by atoms with Crippen LogP contribution in [-0.4, -0.2) is 91.2 Å². The summed E-state index contributed by atoms with van der Waals surface area (Å²) in [5.74, 6) is 0.585. The molecule has 2 aliphatic heterocycles. The van der Waals surface area contributed by atoms with E-state index in [0.29, 0.717) is 36.8 Å². The van der Waals surface area contributed by atoms with Crippen LogP contribution < -0.4 is 10.6 Å². The number of aliphatic hydroxyl groups excluding tert-OH is 2. The average molecular weight is 571 g/mol. The Morgan fingerprint density at radius 1 is 1.10 bits per heavy atom. The maximum Gasteiger partial charge on any atom is 0.257 e. The Balaban J connectivity index is 1.03. The number of imidazole rings is 1. The minimum Gasteiger partial charge on any atom is -0.468 e. The summed E-state index contributed by atoms with van der Waals surface area (Å²) < 4.78 is 25.0. The lowest BCUT2D eigenvalue weighted by Gasteiger charge is -2.23. The highest BCUT2D eigenvalue weighted by molar-refractivity contribution is 7.80. The van der Waals surface area contributed by atoms with Crippen LogP contribution in [0.25, 0.3) is 11.2 Å². The molecule has 3 aromatic rings. The molecule has 214 valence electrons. The molecule has 3 fully saturated rings. The van der Waals surface area contributed by atoms with Gasteiger partial charge in [-0.1, -0.05) is 30.3 Å². The molecule has 0 radical (unpaired) electrons. The number of hydrogen-bond acceptors (Lipinski definition) is 11. The number of nitrogens with zero attached hydrogens (tertiary/aromatic N) is 4. The first-order chi connectivity index (χ1) is 19.6. The van der Waals surface area contributed by atoms with Crippen molar-refractivity contribution >= 4 is 34.4 Å². The molecule has 0 amide bonds. The zero-order chi connectivity index (χ0) is 27.5. The second-order valence-corrected chi connectivity index (χ2v) is 10.8. The van der Waals surface area contributed by atoms with Gasteiger partial charge in [-0.15, -0.1) is 0 Å². The van der Waals surface area contributed by atoms with Crippen molar-refractivity contribution in [2.45, 2.75) is 75.0 Å². The Bertz CT molecular complexity index is 1290. The van der Waals surface area contributed by atoms with Gasteiger partial charge in [0.05, 0.1) is 37.7 Å². The third-order valence-electron chi connectivity index (χ3n) is 7.68. The lowest BCUT2D eigenvalue weighted by molar-refractivity contribution is -0.0494. The topological polar surface area (TPSA) is 145 Å². The Morgan fingerprint density at radius 3 is 2.80 bits per heavy atom. The van der Waals surface area contributed by atoms with Crippen LogP contribution in [0.2, 0.25) is 0 Å². The molecule has 1 aliphatic carbocycles. The van der Waals surface area contributed by atoms with Gasteiger partial charge in [0.25, 0.3) is 5.17 Å². The second-order valence-electron chi connectivity index (χ2n) is 10.4. The molecular formula is C27H34N6O6S. The molecule has 12 nitrogen and oxygen atoms in total. The second kappa shape index (κ2) is 12.3. The Labute approximate surface area is 237 Å². The largest absolute Gasteiger partial charge is 0.468 e. The molecule has 4 heterocycles. The highest BCUT2D eigenvalue weighted by atomic mass is 32.1. The fraction of sp³-hybridized carbons (Fsp3) is 0.556. The van der Waals surface area contributed by atoms with Crippen LogP contribution in [0.4, 0.5) is 5.82 Å². The minimum absolute atomic E-state index is 0.0263. The molecule has 40 heavy (non-hydrogen) atoms. The van der Waals surface area contributed by atoms with E-state index >= 15 is 0 Å². The first-order valence-electron chi connectivity index (χ1n) is 13.7. The minimum atomic E-state index is -1.22. The third kappa shape index (κ3) is 5.90. The van der Waals surface area contributed by atoms with Gasteiger partial charge < -0.3 is 39.8 Å². The number of fused-ring (bicyclic) bond motifs is 1. The number of ether oxygens (including phenoxy) is 4. The summed E-state index contributed by atoms with van der Waals surface area (Å²) in [6.07, 6.45) is 2.66. The van der Waals surface area contributed by atoms with E-state index in [1.165, 1.54) is 12.7 Å². The zero-order valence-electron chi connectivity index (χ0n) is 22.0. The number of thiocarbonyl (C=S) groups is 1. The monoisotopic (exact) mass is 570 g/mol. The van der Waals surface area contributed by atoms with Crippen molar-refractivity contribution in [3.63, 3.8) is 0 Å². The number of aromatic nitrogens is 4. The highest BCUT2D eigenvalue weighted by Gasteiger charge is 2.45. The fourth-order valence-electron chi connectivity index (χ4n) is 5.50.